The average molecular weight is 308 g/mol. The van der Waals surface area contributed by atoms with Crippen LogP contribution in [0.5, 0.6) is 0 Å². The first-order valence-electron chi connectivity index (χ1n) is 5.44. The molecule has 2 aromatic rings. The molecule has 0 saturated heterocycles. The largest absolute Gasteiger partial charge is 0.323 e. The van der Waals surface area contributed by atoms with E-state index >= 15 is 0 Å². The molecule has 0 bridgehead atoms. The quantitative estimate of drug-likeness (QED) is 0.919. The number of benzene rings is 2. The highest BCUT2D eigenvalue weighted by molar-refractivity contribution is 9.10. The van der Waals surface area contributed by atoms with Crippen LogP contribution in [0.4, 0.5) is 10.1 Å². The molecule has 1 amide bonds. The van der Waals surface area contributed by atoms with Gasteiger partial charge < -0.3 is 5.32 Å². The lowest BCUT2D eigenvalue weighted by molar-refractivity contribution is -0.115. The summed E-state index contributed by atoms with van der Waals surface area (Å²) in [6.07, 6.45) is 0.232. The summed E-state index contributed by atoms with van der Waals surface area (Å²) in [5.74, 6) is -0.687. The van der Waals surface area contributed by atoms with Gasteiger partial charge in [0.05, 0.1) is 12.1 Å². The Balaban J connectivity index is 2.03. The molecule has 2 nitrogen and oxygen atoms in total. The fraction of sp³-hybridized carbons (Fsp3) is 0.0714. The molecule has 0 aliphatic rings. The van der Waals surface area contributed by atoms with Gasteiger partial charge in [-0.1, -0.05) is 46.3 Å². The lowest BCUT2D eigenvalue weighted by Gasteiger charge is -2.06. The number of hydrogen-bond acceptors (Lipinski definition) is 1. The smallest absolute Gasteiger partial charge is 0.228 e. The topological polar surface area (TPSA) is 29.1 Å². The molecule has 0 fully saturated rings. The van der Waals surface area contributed by atoms with Crippen molar-refractivity contribution >= 4 is 27.5 Å². The summed E-state index contributed by atoms with van der Waals surface area (Å²) in [5.41, 5.74) is 1.09. The number of hydrogen-bond donors (Lipinski definition) is 1. The van der Waals surface area contributed by atoms with Crippen molar-refractivity contribution in [2.24, 2.45) is 0 Å². The van der Waals surface area contributed by atoms with Gasteiger partial charge in [-0.25, -0.2) is 4.39 Å². The number of carbonyl (C=O) groups excluding carboxylic acids is 1. The summed E-state index contributed by atoms with van der Waals surface area (Å²) in [6, 6.07) is 13.9. The standard InChI is InChI=1S/C14H11BrFNO/c15-11-6-7-13(12(16)9-11)17-14(18)8-10-4-2-1-3-5-10/h1-7,9H,8H2,(H,17,18). The molecule has 0 atom stereocenters. The summed E-state index contributed by atoms with van der Waals surface area (Å²) < 4.78 is 14.1. The molecule has 4 heteroatoms. The predicted molar refractivity (Wildman–Crippen MR) is 72.9 cm³/mol. The molecule has 0 aliphatic heterocycles. The summed E-state index contributed by atoms with van der Waals surface area (Å²) in [4.78, 5) is 11.7. The van der Waals surface area contributed by atoms with Crippen molar-refractivity contribution in [1.82, 2.24) is 0 Å². The lowest BCUT2D eigenvalue weighted by atomic mass is 10.1. The highest BCUT2D eigenvalue weighted by Gasteiger charge is 2.07. The Kier molecular flexibility index (Phi) is 4.10. The Morgan fingerprint density at radius 2 is 1.89 bits per heavy atom. The zero-order valence-electron chi connectivity index (χ0n) is 9.49. The van der Waals surface area contributed by atoms with Crippen LogP contribution in [0.3, 0.4) is 0 Å². The lowest BCUT2D eigenvalue weighted by Crippen LogP contribution is -2.15. The fourth-order valence-electron chi connectivity index (χ4n) is 1.57. The summed E-state index contributed by atoms with van der Waals surface area (Å²) >= 11 is 3.16. The third kappa shape index (κ3) is 3.40. The highest BCUT2D eigenvalue weighted by atomic mass is 79.9. The van der Waals surface area contributed by atoms with E-state index in [0.717, 1.165) is 5.56 Å². The minimum atomic E-state index is -0.453. The normalized spacial score (nSPS) is 10.1. The third-order valence-electron chi connectivity index (χ3n) is 2.41. The van der Waals surface area contributed by atoms with Crippen LogP contribution in [0.2, 0.25) is 0 Å². The molecular weight excluding hydrogens is 297 g/mol. The van der Waals surface area contributed by atoms with Crippen molar-refractivity contribution < 1.29 is 9.18 Å². The molecule has 0 aromatic heterocycles. The molecule has 0 heterocycles. The monoisotopic (exact) mass is 307 g/mol. The predicted octanol–water partition coefficient (Wildman–Crippen LogP) is 3.77. The van der Waals surface area contributed by atoms with Gasteiger partial charge >= 0.3 is 0 Å². The van der Waals surface area contributed by atoms with Gasteiger partial charge in [0.25, 0.3) is 0 Å². The first-order chi connectivity index (χ1) is 8.65. The van der Waals surface area contributed by atoms with Crippen molar-refractivity contribution in [2.45, 2.75) is 6.42 Å². The number of amides is 1. The maximum Gasteiger partial charge on any atom is 0.228 e. The van der Waals surface area contributed by atoms with Crippen molar-refractivity contribution in [1.29, 1.82) is 0 Å². The molecule has 18 heavy (non-hydrogen) atoms. The van der Waals surface area contributed by atoms with Crippen molar-refractivity contribution in [3.8, 4) is 0 Å². The Bertz CT molecular complexity index is 557. The minimum absolute atomic E-state index is 0.194. The Hall–Kier alpha value is -1.68. The van der Waals surface area contributed by atoms with E-state index in [-0.39, 0.29) is 18.0 Å². The van der Waals surface area contributed by atoms with Crippen LogP contribution in [-0.4, -0.2) is 5.91 Å². The van der Waals surface area contributed by atoms with Gasteiger partial charge in [-0.2, -0.15) is 0 Å². The second kappa shape index (κ2) is 5.78. The third-order valence-corrected chi connectivity index (χ3v) is 2.91. The van der Waals surface area contributed by atoms with Crippen LogP contribution in [0.25, 0.3) is 0 Å². The van der Waals surface area contributed by atoms with E-state index in [4.69, 9.17) is 0 Å². The maximum absolute atomic E-state index is 13.5. The zero-order chi connectivity index (χ0) is 13.0. The van der Waals surface area contributed by atoms with Crippen LogP contribution in [-0.2, 0) is 11.2 Å². The van der Waals surface area contributed by atoms with E-state index in [1.165, 1.54) is 12.1 Å². The molecule has 2 rings (SSSR count). The summed E-state index contributed by atoms with van der Waals surface area (Å²) in [5, 5.41) is 2.55. The van der Waals surface area contributed by atoms with Crippen LogP contribution in [0.1, 0.15) is 5.56 Å². The molecule has 2 aromatic carbocycles. The van der Waals surface area contributed by atoms with Gasteiger partial charge in [-0.15, -0.1) is 0 Å². The van der Waals surface area contributed by atoms with E-state index < -0.39 is 5.82 Å². The van der Waals surface area contributed by atoms with Gasteiger partial charge in [-0.05, 0) is 23.8 Å². The molecule has 0 aliphatic carbocycles. The molecule has 0 unspecified atom stereocenters. The zero-order valence-corrected chi connectivity index (χ0v) is 11.1. The van der Waals surface area contributed by atoms with Gasteiger partial charge in [0.1, 0.15) is 5.82 Å². The van der Waals surface area contributed by atoms with Gasteiger partial charge in [0.15, 0.2) is 0 Å². The highest BCUT2D eigenvalue weighted by Crippen LogP contribution is 2.19. The van der Waals surface area contributed by atoms with Crippen molar-refractivity contribution in [3.63, 3.8) is 0 Å². The second-order valence-corrected chi connectivity index (χ2v) is 4.75. The number of halogens is 2. The number of nitrogens with one attached hydrogen (secondary N) is 1. The van der Waals surface area contributed by atoms with Gasteiger partial charge in [-0.3, -0.25) is 4.79 Å². The van der Waals surface area contributed by atoms with E-state index in [2.05, 4.69) is 21.2 Å². The number of rotatable bonds is 3. The van der Waals surface area contributed by atoms with E-state index in [1.54, 1.807) is 6.07 Å². The van der Waals surface area contributed by atoms with E-state index in [0.29, 0.717) is 4.47 Å². The summed E-state index contributed by atoms with van der Waals surface area (Å²) in [7, 11) is 0. The fourth-order valence-corrected chi connectivity index (χ4v) is 1.90. The molecule has 0 saturated carbocycles. The minimum Gasteiger partial charge on any atom is -0.323 e. The first-order valence-corrected chi connectivity index (χ1v) is 6.23. The van der Waals surface area contributed by atoms with Gasteiger partial charge in [0.2, 0.25) is 5.91 Å². The van der Waals surface area contributed by atoms with Crippen LogP contribution in [0.15, 0.2) is 53.0 Å². The van der Waals surface area contributed by atoms with Crippen LogP contribution < -0.4 is 5.32 Å². The maximum atomic E-state index is 13.5. The molecule has 92 valence electrons. The van der Waals surface area contributed by atoms with Crippen LogP contribution >= 0.6 is 15.9 Å². The Morgan fingerprint density at radius 1 is 1.17 bits per heavy atom. The first kappa shape index (κ1) is 12.8. The number of anilines is 1. The average Bonchev–Trinajstić information content (AvgIpc) is 2.34. The number of carbonyl (C=O) groups is 1. The van der Waals surface area contributed by atoms with Crippen molar-refractivity contribution in [2.75, 3.05) is 5.32 Å². The van der Waals surface area contributed by atoms with E-state index in [9.17, 15) is 9.18 Å². The van der Waals surface area contributed by atoms with Crippen LogP contribution in [0, 0.1) is 5.82 Å². The second-order valence-electron chi connectivity index (χ2n) is 3.83. The summed E-state index contributed by atoms with van der Waals surface area (Å²) in [6.45, 7) is 0. The van der Waals surface area contributed by atoms with E-state index in [1.807, 2.05) is 30.3 Å². The molecule has 0 radical (unpaired) electrons. The molecular formula is C14H11BrFNO. The van der Waals surface area contributed by atoms with Crippen molar-refractivity contribution in [3.05, 3.63) is 64.4 Å². The Labute approximate surface area is 113 Å². The SMILES string of the molecule is O=C(Cc1ccccc1)Nc1ccc(Br)cc1F. The van der Waals surface area contributed by atoms with Gasteiger partial charge in [0, 0.05) is 4.47 Å². The molecule has 1 N–H and O–H groups in total. The molecule has 0 spiro atoms. The Morgan fingerprint density at radius 3 is 2.56 bits per heavy atom.